The summed E-state index contributed by atoms with van der Waals surface area (Å²) in [6.07, 6.45) is 2.03. The maximum atomic E-state index is 13.7. The molecule has 2 aromatic carbocycles. The summed E-state index contributed by atoms with van der Waals surface area (Å²) >= 11 is 12.7. The molecule has 0 aliphatic heterocycles. The van der Waals surface area contributed by atoms with Gasteiger partial charge in [-0.15, -0.1) is 0 Å². The van der Waals surface area contributed by atoms with Crippen LogP contribution in [-0.4, -0.2) is 57.6 Å². The van der Waals surface area contributed by atoms with Gasteiger partial charge in [-0.25, -0.2) is 8.42 Å². The quantitative estimate of drug-likeness (QED) is 0.434. The Morgan fingerprint density at radius 1 is 1.06 bits per heavy atom. The van der Waals surface area contributed by atoms with Gasteiger partial charge in [0, 0.05) is 28.7 Å². The van der Waals surface area contributed by atoms with Gasteiger partial charge >= 0.3 is 0 Å². The highest BCUT2D eigenvalue weighted by atomic mass is 35.5. The molecule has 0 heterocycles. The fraction of sp³-hybridized carbons (Fsp3) is 0.417. The van der Waals surface area contributed by atoms with Gasteiger partial charge in [-0.05, 0) is 37.1 Å². The third-order valence-electron chi connectivity index (χ3n) is 5.36. The Labute approximate surface area is 217 Å². The summed E-state index contributed by atoms with van der Waals surface area (Å²) in [6.45, 7) is 3.53. The van der Waals surface area contributed by atoms with Crippen molar-refractivity contribution in [3.63, 3.8) is 0 Å². The van der Waals surface area contributed by atoms with Crippen molar-refractivity contribution >= 4 is 50.7 Å². The highest BCUT2D eigenvalue weighted by Crippen LogP contribution is 2.31. The van der Waals surface area contributed by atoms with Crippen LogP contribution in [0.5, 0.6) is 5.75 Å². The lowest BCUT2D eigenvalue weighted by Crippen LogP contribution is -2.52. The lowest BCUT2D eigenvalue weighted by Gasteiger charge is -2.33. The van der Waals surface area contributed by atoms with Gasteiger partial charge in [-0.3, -0.25) is 13.9 Å². The van der Waals surface area contributed by atoms with Gasteiger partial charge in [0.15, 0.2) is 0 Å². The molecule has 0 radical (unpaired) electrons. The monoisotopic (exact) mass is 543 g/mol. The minimum atomic E-state index is -3.88. The minimum absolute atomic E-state index is 0.0705. The number of carbonyl (C=O) groups is 2. The number of ether oxygens (including phenoxy) is 1. The van der Waals surface area contributed by atoms with Crippen LogP contribution >= 0.6 is 23.2 Å². The third-order valence-corrected chi connectivity index (χ3v) is 7.19. The van der Waals surface area contributed by atoms with Crippen LogP contribution in [-0.2, 0) is 26.2 Å². The van der Waals surface area contributed by atoms with Crippen LogP contribution in [0.3, 0.4) is 0 Å². The minimum Gasteiger partial charge on any atom is -0.495 e. The lowest BCUT2D eigenvalue weighted by molar-refractivity contribution is -0.140. The predicted octanol–water partition coefficient (Wildman–Crippen LogP) is 4.10. The molecule has 11 heteroatoms. The smallest absolute Gasteiger partial charge is 0.244 e. The molecule has 1 atom stereocenters. The Morgan fingerprint density at radius 2 is 1.69 bits per heavy atom. The number of nitrogens with zero attached hydrogens (tertiary/aromatic N) is 2. The molecule has 0 aromatic heterocycles. The van der Waals surface area contributed by atoms with Crippen LogP contribution in [0.2, 0.25) is 10.0 Å². The van der Waals surface area contributed by atoms with E-state index < -0.39 is 28.5 Å². The van der Waals surface area contributed by atoms with Crippen molar-refractivity contribution < 1.29 is 22.7 Å². The number of hydrogen-bond acceptors (Lipinski definition) is 5. The van der Waals surface area contributed by atoms with Crippen LogP contribution in [0.15, 0.2) is 42.5 Å². The van der Waals surface area contributed by atoms with E-state index in [1.54, 1.807) is 49.4 Å². The van der Waals surface area contributed by atoms with Crippen molar-refractivity contribution in [3.05, 3.63) is 58.1 Å². The zero-order valence-corrected chi connectivity index (χ0v) is 22.6. The molecule has 0 saturated carbocycles. The van der Waals surface area contributed by atoms with E-state index >= 15 is 0 Å². The zero-order chi connectivity index (χ0) is 26.2. The molecule has 0 aliphatic carbocycles. The van der Waals surface area contributed by atoms with Crippen LogP contribution in [0.25, 0.3) is 0 Å². The first-order valence-corrected chi connectivity index (χ1v) is 13.8. The molecule has 0 unspecified atom stereocenters. The van der Waals surface area contributed by atoms with Gasteiger partial charge in [-0.2, -0.15) is 0 Å². The Bertz CT molecular complexity index is 1120. The molecular formula is C24H31Cl2N3O5S. The highest BCUT2D eigenvalue weighted by molar-refractivity contribution is 7.92. The van der Waals surface area contributed by atoms with Crippen molar-refractivity contribution in [3.8, 4) is 5.75 Å². The average Bonchev–Trinajstić information content (AvgIpc) is 2.81. The highest BCUT2D eigenvalue weighted by Gasteiger charge is 2.33. The number of methoxy groups -OCH3 is 1. The van der Waals surface area contributed by atoms with Crippen molar-refractivity contribution in [1.82, 2.24) is 10.2 Å². The van der Waals surface area contributed by atoms with E-state index in [2.05, 4.69) is 5.32 Å². The third kappa shape index (κ3) is 7.49. The number of halogens is 2. The summed E-state index contributed by atoms with van der Waals surface area (Å²) in [4.78, 5) is 28.0. The number of anilines is 1. The molecule has 0 saturated heterocycles. The number of hydrogen-bond donors (Lipinski definition) is 1. The van der Waals surface area contributed by atoms with Gasteiger partial charge < -0.3 is 15.0 Å². The van der Waals surface area contributed by atoms with Crippen molar-refractivity contribution in [1.29, 1.82) is 0 Å². The van der Waals surface area contributed by atoms with E-state index in [0.29, 0.717) is 34.3 Å². The van der Waals surface area contributed by atoms with E-state index in [0.717, 1.165) is 17.0 Å². The molecule has 1 N–H and O–H groups in total. The topological polar surface area (TPSA) is 96.0 Å². The summed E-state index contributed by atoms with van der Waals surface area (Å²) in [7, 11) is -2.47. The number of amides is 2. The van der Waals surface area contributed by atoms with E-state index in [-0.39, 0.29) is 18.1 Å². The number of para-hydroxylation sites is 2. The standard InChI is InChI=1S/C24H31Cl2N3O5S/c1-5-14-27-24(31)20(6-2)28(15-17-18(25)10-9-11-19(17)26)23(30)16-29(35(4,32)33)21-12-7-8-13-22(21)34-3/h7-13,20H,5-6,14-16H2,1-4H3,(H,27,31)/t20-/m0/s1. The van der Waals surface area contributed by atoms with Crippen LogP contribution in [0, 0.1) is 0 Å². The Balaban J connectivity index is 2.52. The predicted molar refractivity (Wildman–Crippen MR) is 140 cm³/mol. The first kappa shape index (κ1) is 28.7. The number of rotatable bonds is 12. The molecule has 0 aliphatic rings. The molecular weight excluding hydrogens is 513 g/mol. The van der Waals surface area contributed by atoms with E-state index in [1.807, 2.05) is 6.92 Å². The van der Waals surface area contributed by atoms with Crippen LogP contribution in [0.1, 0.15) is 32.3 Å². The summed E-state index contributed by atoms with van der Waals surface area (Å²) in [5, 5.41) is 3.49. The van der Waals surface area contributed by atoms with Crippen molar-refractivity contribution in [2.45, 2.75) is 39.3 Å². The molecule has 0 fully saturated rings. The second-order valence-corrected chi connectivity index (χ2v) is 10.6. The maximum absolute atomic E-state index is 13.7. The molecule has 35 heavy (non-hydrogen) atoms. The normalized spacial score (nSPS) is 12.1. The maximum Gasteiger partial charge on any atom is 0.244 e. The fourth-order valence-corrected chi connectivity index (χ4v) is 4.94. The number of sulfonamides is 1. The Morgan fingerprint density at radius 3 is 2.23 bits per heavy atom. The van der Waals surface area contributed by atoms with Crippen molar-refractivity contribution in [2.75, 3.05) is 30.8 Å². The summed E-state index contributed by atoms with van der Waals surface area (Å²) < 4.78 is 31.7. The second kappa shape index (κ2) is 13.0. The SMILES string of the molecule is CCCNC(=O)[C@H](CC)N(Cc1c(Cl)cccc1Cl)C(=O)CN(c1ccccc1OC)S(C)(=O)=O. The number of carbonyl (C=O) groups excluding carboxylic acids is 2. The molecule has 2 rings (SSSR count). The fourth-order valence-electron chi connectivity index (χ4n) is 3.57. The first-order chi connectivity index (χ1) is 16.5. The molecule has 0 spiro atoms. The molecule has 2 aromatic rings. The summed E-state index contributed by atoms with van der Waals surface area (Å²) in [5.74, 6) is -0.635. The molecule has 8 nitrogen and oxygen atoms in total. The molecule has 2 amide bonds. The Kier molecular flexibility index (Phi) is 10.7. The number of nitrogens with one attached hydrogen (secondary N) is 1. The van der Waals surface area contributed by atoms with Gasteiger partial charge in [0.25, 0.3) is 0 Å². The Hall–Kier alpha value is -2.49. The van der Waals surface area contributed by atoms with Gasteiger partial charge in [0.2, 0.25) is 21.8 Å². The summed E-state index contributed by atoms with van der Waals surface area (Å²) in [6, 6.07) is 10.6. The van der Waals surface area contributed by atoms with Crippen molar-refractivity contribution in [2.24, 2.45) is 0 Å². The van der Waals surface area contributed by atoms with E-state index in [9.17, 15) is 18.0 Å². The van der Waals surface area contributed by atoms with Gasteiger partial charge in [-0.1, -0.05) is 55.2 Å². The van der Waals surface area contributed by atoms with Gasteiger partial charge in [0.1, 0.15) is 18.3 Å². The van der Waals surface area contributed by atoms with E-state index in [4.69, 9.17) is 27.9 Å². The number of benzene rings is 2. The second-order valence-electron chi connectivity index (χ2n) is 7.88. The first-order valence-electron chi connectivity index (χ1n) is 11.2. The molecule has 192 valence electrons. The van der Waals surface area contributed by atoms with Crippen LogP contribution < -0.4 is 14.4 Å². The molecule has 0 bridgehead atoms. The zero-order valence-electron chi connectivity index (χ0n) is 20.3. The van der Waals surface area contributed by atoms with Crippen LogP contribution in [0.4, 0.5) is 5.69 Å². The van der Waals surface area contributed by atoms with E-state index in [1.165, 1.54) is 12.0 Å². The lowest BCUT2D eigenvalue weighted by atomic mass is 10.1. The average molecular weight is 545 g/mol. The largest absolute Gasteiger partial charge is 0.495 e. The van der Waals surface area contributed by atoms with Gasteiger partial charge in [0.05, 0.1) is 19.1 Å². The summed E-state index contributed by atoms with van der Waals surface area (Å²) in [5.41, 5.74) is 0.680.